The molecule has 0 aliphatic carbocycles. The fourth-order valence-corrected chi connectivity index (χ4v) is 4.41. The van der Waals surface area contributed by atoms with E-state index in [0.717, 1.165) is 30.8 Å². The first-order chi connectivity index (χ1) is 12.0. The lowest BCUT2D eigenvalue weighted by molar-refractivity contribution is -0.138. The SMILES string of the molecule is O=C(O)CN1CCC(c2ccc(SC3CCC(=O)NC3=O)cc2)CC1. The molecule has 7 heteroatoms. The Morgan fingerprint density at radius 3 is 2.44 bits per heavy atom. The first kappa shape index (κ1) is 17.9. The molecule has 0 bridgehead atoms. The van der Waals surface area contributed by atoms with Gasteiger partial charge < -0.3 is 5.11 Å². The van der Waals surface area contributed by atoms with E-state index in [1.165, 1.54) is 17.3 Å². The smallest absolute Gasteiger partial charge is 0.317 e. The number of amides is 2. The zero-order chi connectivity index (χ0) is 17.8. The van der Waals surface area contributed by atoms with Crippen molar-refractivity contribution in [2.75, 3.05) is 19.6 Å². The first-order valence-corrected chi connectivity index (χ1v) is 9.43. The molecule has 25 heavy (non-hydrogen) atoms. The van der Waals surface area contributed by atoms with Crippen molar-refractivity contribution in [2.45, 2.75) is 41.7 Å². The van der Waals surface area contributed by atoms with Crippen LogP contribution in [0.2, 0.25) is 0 Å². The van der Waals surface area contributed by atoms with Crippen molar-refractivity contribution < 1.29 is 19.5 Å². The third-order valence-electron chi connectivity index (χ3n) is 4.76. The predicted octanol–water partition coefficient (Wildman–Crippen LogP) is 1.85. The molecule has 134 valence electrons. The predicted molar refractivity (Wildman–Crippen MR) is 94.5 cm³/mol. The molecule has 0 radical (unpaired) electrons. The van der Waals surface area contributed by atoms with Crippen LogP contribution in [-0.4, -0.2) is 52.7 Å². The number of thioether (sulfide) groups is 1. The maximum Gasteiger partial charge on any atom is 0.317 e. The number of hydrogen-bond donors (Lipinski definition) is 2. The number of carbonyl (C=O) groups is 3. The van der Waals surface area contributed by atoms with Crippen molar-refractivity contribution in [3.05, 3.63) is 29.8 Å². The molecular formula is C18H22N2O4S. The van der Waals surface area contributed by atoms with Gasteiger partial charge in [0.25, 0.3) is 0 Å². The molecule has 0 saturated carbocycles. The summed E-state index contributed by atoms with van der Waals surface area (Å²) in [7, 11) is 0. The number of nitrogens with zero attached hydrogens (tertiary/aromatic N) is 1. The molecule has 6 nitrogen and oxygen atoms in total. The van der Waals surface area contributed by atoms with Gasteiger partial charge in [0, 0.05) is 11.3 Å². The summed E-state index contributed by atoms with van der Waals surface area (Å²) >= 11 is 1.50. The van der Waals surface area contributed by atoms with E-state index in [4.69, 9.17) is 5.11 Å². The van der Waals surface area contributed by atoms with Gasteiger partial charge in [0.05, 0.1) is 11.8 Å². The Kier molecular flexibility index (Phi) is 5.75. The molecule has 1 atom stereocenters. The number of piperidine rings is 2. The second kappa shape index (κ2) is 8.01. The number of aliphatic carboxylic acids is 1. The topological polar surface area (TPSA) is 86.7 Å². The number of imide groups is 1. The van der Waals surface area contributed by atoms with Gasteiger partial charge in [-0.3, -0.25) is 24.6 Å². The molecule has 0 aromatic heterocycles. The fourth-order valence-electron chi connectivity index (χ4n) is 3.38. The maximum atomic E-state index is 11.8. The lowest BCUT2D eigenvalue weighted by atomic mass is 9.89. The highest BCUT2D eigenvalue weighted by Crippen LogP contribution is 2.32. The molecule has 2 fully saturated rings. The standard InChI is InChI=1S/C18H22N2O4S/c21-16-6-5-15(18(24)19-16)25-14-3-1-12(2-4-14)13-7-9-20(10-8-13)11-17(22)23/h1-4,13,15H,5-11H2,(H,22,23)(H,19,21,24). The molecular weight excluding hydrogens is 340 g/mol. The summed E-state index contributed by atoms with van der Waals surface area (Å²) in [6.07, 6.45) is 2.91. The van der Waals surface area contributed by atoms with E-state index in [2.05, 4.69) is 17.4 Å². The van der Waals surface area contributed by atoms with Crippen molar-refractivity contribution in [1.82, 2.24) is 10.2 Å². The Hall–Kier alpha value is -1.86. The third kappa shape index (κ3) is 4.83. The van der Waals surface area contributed by atoms with E-state index in [1.54, 1.807) is 0 Å². The average Bonchev–Trinajstić information content (AvgIpc) is 2.58. The quantitative estimate of drug-likeness (QED) is 0.778. The third-order valence-corrected chi connectivity index (χ3v) is 6.04. The maximum absolute atomic E-state index is 11.8. The van der Waals surface area contributed by atoms with Gasteiger partial charge in [-0.25, -0.2) is 0 Å². The van der Waals surface area contributed by atoms with Gasteiger partial charge in [-0.2, -0.15) is 0 Å². The minimum absolute atomic E-state index is 0.119. The summed E-state index contributed by atoms with van der Waals surface area (Å²) in [4.78, 5) is 36.8. The molecule has 2 amide bonds. The number of carboxylic acid groups (broad SMARTS) is 1. The molecule has 1 aromatic rings. The van der Waals surface area contributed by atoms with E-state index in [0.29, 0.717) is 18.8 Å². The van der Waals surface area contributed by atoms with Crippen LogP contribution in [0.15, 0.2) is 29.2 Å². The second-order valence-corrected chi connectivity index (χ2v) is 7.85. The van der Waals surface area contributed by atoms with Crippen LogP contribution in [0.4, 0.5) is 0 Å². The number of nitrogens with one attached hydrogen (secondary N) is 1. The van der Waals surface area contributed by atoms with E-state index in [9.17, 15) is 14.4 Å². The van der Waals surface area contributed by atoms with Crippen LogP contribution < -0.4 is 5.32 Å². The molecule has 3 rings (SSSR count). The largest absolute Gasteiger partial charge is 0.480 e. The van der Waals surface area contributed by atoms with Gasteiger partial charge in [0.2, 0.25) is 11.8 Å². The minimum Gasteiger partial charge on any atom is -0.480 e. The van der Waals surface area contributed by atoms with Crippen LogP contribution >= 0.6 is 11.8 Å². The monoisotopic (exact) mass is 362 g/mol. The van der Waals surface area contributed by atoms with Crippen LogP contribution in [0, 0.1) is 0 Å². The minimum atomic E-state index is -0.770. The number of hydrogen-bond acceptors (Lipinski definition) is 5. The van der Waals surface area contributed by atoms with E-state index in [1.807, 2.05) is 17.0 Å². The van der Waals surface area contributed by atoms with Crippen molar-refractivity contribution in [3.8, 4) is 0 Å². The molecule has 1 unspecified atom stereocenters. The normalized spacial score (nSPS) is 22.6. The summed E-state index contributed by atoms with van der Waals surface area (Å²) in [5.41, 5.74) is 1.27. The van der Waals surface area contributed by atoms with Crippen molar-refractivity contribution in [2.24, 2.45) is 0 Å². The van der Waals surface area contributed by atoms with Gasteiger partial charge in [-0.05, 0) is 56.0 Å². The van der Waals surface area contributed by atoms with Gasteiger partial charge in [-0.1, -0.05) is 12.1 Å². The summed E-state index contributed by atoms with van der Waals surface area (Å²) in [5, 5.41) is 11.0. The van der Waals surface area contributed by atoms with Crippen LogP contribution in [0.5, 0.6) is 0 Å². The highest BCUT2D eigenvalue weighted by molar-refractivity contribution is 8.00. The van der Waals surface area contributed by atoms with E-state index in [-0.39, 0.29) is 23.6 Å². The van der Waals surface area contributed by atoms with Crippen LogP contribution in [-0.2, 0) is 14.4 Å². The van der Waals surface area contributed by atoms with Crippen molar-refractivity contribution >= 4 is 29.5 Å². The summed E-state index contributed by atoms with van der Waals surface area (Å²) in [6.45, 7) is 1.74. The Balaban J connectivity index is 1.53. The molecule has 2 aliphatic heterocycles. The van der Waals surface area contributed by atoms with Crippen LogP contribution in [0.1, 0.15) is 37.2 Å². The zero-order valence-electron chi connectivity index (χ0n) is 13.9. The Bertz CT molecular complexity index is 654. The van der Waals surface area contributed by atoms with E-state index >= 15 is 0 Å². The van der Waals surface area contributed by atoms with Crippen LogP contribution in [0.3, 0.4) is 0 Å². The summed E-state index contributed by atoms with van der Waals surface area (Å²) < 4.78 is 0. The zero-order valence-corrected chi connectivity index (χ0v) is 14.8. The number of benzene rings is 1. The lowest BCUT2D eigenvalue weighted by Crippen LogP contribution is -2.42. The first-order valence-electron chi connectivity index (χ1n) is 8.56. The second-order valence-electron chi connectivity index (χ2n) is 6.57. The van der Waals surface area contributed by atoms with Crippen molar-refractivity contribution in [3.63, 3.8) is 0 Å². The molecule has 2 heterocycles. The number of likely N-dealkylation sites (tertiary alicyclic amines) is 1. The molecule has 2 N–H and O–H groups in total. The highest BCUT2D eigenvalue weighted by atomic mass is 32.2. The molecule has 2 aliphatic rings. The number of carbonyl (C=O) groups excluding carboxylic acids is 2. The van der Waals surface area contributed by atoms with Gasteiger partial charge >= 0.3 is 5.97 Å². The number of rotatable bonds is 5. The highest BCUT2D eigenvalue weighted by Gasteiger charge is 2.27. The van der Waals surface area contributed by atoms with Gasteiger partial charge in [-0.15, -0.1) is 11.8 Å². The van der Waals surface area contributed by atoms with Crippen LogP contribution in [0.25, 0.3) is 0 Å². The average molecular weight is 362 g/mol. The van der Waals surface area contributed by atoms with Gasteiger partial charge in [0.15, 0.2) is 0 Å². The Morgan fingerprint density at radius 2 is 1.84 bits per heavy atom. The van der Waals surface area contributed by atoms with Gasteiger partial charge in [0.1, 0.15) is 0 Å². The molecule has 2 saturated heterocycles. The fraction of sp³-hybridized carbons (Fsp3) is 0.500. The number of carboxylic acids is 1. The summed E-state index contributed by atoms with van der Waals surface area (Å²) in [5.74, 6) is -0.699. The lowest BCUT2D eigenvalue weighted by Gasteiger charge is -2.31. The van der Waals surface area contributed by atoms with E-state index < -0.39 is 5.97 Å². The van der Waals surface area contributed by atoms with Crippen molar-refractivity contribution in [1.29, 1.82) is 0 Å². The molecule has 1 aromatic carbocycles. The Morgan fingerprint density at radius 1 is 1.16 bits per heavy atom. The summed E-state index contributed by atoms with van der Waals surface area (Å²) in [6, 6.07) is 8.28. The molecule has 0 spiro atoms. The Labute approximate surface area is 151 Å².